The van der Waals surface area contributed by atoms with Gasteiger partial charge >= 0.3 is 0 Å². The fraction of sp³-hybridized carbons (Fsp3) is 0.950. The van der Waals surface area contributed by atoms with Gasteiger partial charge in [0.15, 0.2) is 0 Å². The first kappa shape index (κ1) is 20.4. The number of halogens is 2. The van der Waals surface area contributed by atoms with Gasteiger partial charge in [0.2, 0.25) is 5.91 Å². The Morgan fingerprint density at radius 2 is 1.93 bits per heavy atom. The maximum absolute atomic E-state index is 14.2. The summed E-state index contributed by atoms with van der Waals surface area (Å²) in [6, 6.07) is -0.388. The summed E-state index contributed by atoms with van der Waals surface area (Å²) in [4.78, 5) is 18.1. The number of hydrogen-bond acceptors (Lipinski definition) is 5. The normalized spacial score (nSPS) is 40.6. The number of alkyl halides is 2. The van der Waals surface area contributed by atoms with Crippen LogP contribution in [0.5, 0.6) is 0 Å². The zero-order valence-electron chi connectivity index (χ0n) is 16.5. The zero-order valence-corrected chi connectivity index (χ0v) is 16.5. The largest absolute Gasteiger partial charge is 0.349 e. The van der Waals surface area contributed by atoms with Crippen LogP contribution in [0.25, 0.3) is 0 Å². The van der Waals surface area contributed by atoms with Crippen LogP contribution in [0.15, 0.2) is 0 Å². The fourth-order valence-corrected chi connectivity index (χ4v) is 5.28. The van der Waals surface area contributed by atoms with Crippen molar-refractivity contribution in [2.45, 2.75) is 88.3 Å². The van der Waals surface area contributed by atoms with E-state index in [1.54, 1.807) is 0 Å². The summed E-state index contributed by atoms with van der Waals surface area (Å²) in [5.74, 6) is 0.342. The van der Waals surface area contributed by atoms with Crippen molar-refractivity contribution in [1.82, 2.24) is 21.2 Å². The molecule has 160 valence electrons. The highest BCUT2D eigenvalue weighted by atomic mass is 19.1. The molecular weight excluding hydrogens is 366 g/mol. The molecule has 0 spiro atoms. The molecule has 2 saturated carbocycles. The Bertz CT molecular complexity index is 534. The molecule has 2 heterocycles. The summed E-state index contributed by atoms with van der Waals surface area (Å²) in [7, 11) is 0. The Hall–Kier alpha value is -0.830. The number of nitrogens with one attached hydrogen (secondary N) is 3. The van der Waals surface area contributed by atoms with Crippen LogP contribution in [-0.2, 0) is 9.63 Å². The van der Waals surface area contributed by atoms with Crippen LogP contribution in [0.1, 0.15) is 57.8 Å². The first-order chi connectivity index (χ1) is 13.6. The van der Waals surface area contributed by atoms with Gasteiger partial charge in [0.25, 0.3) is 0 Å². The van der Waals surface area contributed by atoms with Crippen LogP contribution in [0, 0.1) is 11.8 Å². The van der Waals surface area contributed by atoms with Crippen molar-refractivity contribution >= 4 is 5.91 Å². The van der Waals surface area contributed by atoms with Crippen molar-refractivity contribution < 1.29 is 18.4 Å². The maximum Gasteiger partial charge on any atom is 0.239 e. The molecule has 0 aromatic rings. The molecule has 2 aliphatic carbocycles. The van der Waals surface area contributed by atoms with E-state index in [4.69, 9.17) is 4.84 Å². The molecule has 8 heteroatoms. The summed E-state index contributed by atoms with van der Waals surface area (Å²) in [5.41, 5.74) is 6.18. The monoisotopic (exact) mass is 400 g/mol. The van der Waals surface area contributed by atoms with Gasteiger partial charge in [-0.3, -0.25) is 15.1 Å². The first-order valence-electron chi connectivity index (χ1n) is 11.1. The van der Waals surface area contributed by atoms with E-state index in [2.05, 4.69) is 21.2 Å². The molecule has 2 aliphatic heterocycles. The second-order valence-electron chi connectivity index (χ2n) is 9.13. The first-order valence-corrected chi connectivity index (χ1v) is 11.1. The van der Waals surface area contributed by atoms with Gasteiger partial charge in [0, 0.05) is 38.4 Å². The van der Waals surface area contributed by atoms with Crippen LogP contribution in [0.2, 0.25) is 0 Å². The molecule has 0 aromatic carbocycles. The minimum atomic E-state index is -1.19. The summed E-state index contributed by atoms with van der Waals surface area (Å²) in [5, 5.41) is 5.33. The number of hydrazine groups is 1. The Morgan fingerprint density at radius 3 is 2.71 bits per heavy atom. The van der Waals surface area contributed by atoms with Crippen molar-refractivity contribution in [2.75, 3.05) is 19.6 Å². The van der Waals surface area contributed by atoms with E-state index in [0.29, 0.717) is 19.3 Å². The lowest BCUT2D eigenvalue weighted by atomic mass is 9.81. The van der Waals surface area contributed by atoms with Crippen LogP contribution in [-0.4, -0.2) is 61.1 Å². The predicted octanol–water partition coefficient (Wildman–Crippen LogP) is 2.01. The smallest absolute Gasteiger partial charge is 0.239 e. The number of rotatable bonds is 5. The molecule has 1 amide bonds. The minimum Gasteiger partial charge on any atom is -0.349 e. The molecule has 3 N–H and O–H groups in total. The molecule has 2 saturated heterocycles. The van der Waals surface area contributed by atoms with Crippen molar-refractivity contribution in [3.8, 4) is 0 Å². The van der Waals surface area contributed by atoms with Gasteiger partial charge < -0.3 is 5.32 Å². The zero-order chi connectivity index (χ0) is 19.5. The molecule has 4 aliphatic rings. The second-order valence-corrected chi connectivity index (χ2v) is 9.13. The van der Waals surface area contributed by atoms with Crippen molar-refractivity contribution in [3.63, 3.8) is 0 Å². The quantitative estimate of drug-likeness (QED) is 0.659. The third-order valence-electron chi connectivity index (χ3n) is 6.93. The molecule has 0 radical (unpaired) electrons. The van der Waals surface area contributed by atoms with Gasteiger partial charge in [-0.2, -0.15) is 5.48 Å². The predicted molar refractivity (Wildman–Crippen MR) is 102 cm³/mol. The van der Waals surface area contributed by atoms with E-state index < -0.39 is 18.4 Å². The van der Waals surface area contributed by atoms with E-state index in [9.17, 15) is 13.6 Å². The lowest BCUT2D eigenvalue weighted by molar-refractivity contribution is -0.125. The summed E-state index contributed by atoms with van der Waals surface area (Å²) < 4.78 is 27.5. The van der Waals surface area contributed by atoms with Crippen molar-refractivity contribution in [1.29, 1.82) is 0 Å². The molecule has 4 rings (SSSR count). The third kappa shape index (κ3) is 5.01. The lowest BCUT2D eigenvalue weighted by Gasteiger charge is -2.31. The maximum atomic E-state index is 14.2. The van der Waals surface area contributed by atoms with E-state index in [1.165, 1.54) is 32.1 Å². The third-order valence-corrected chi connectivity index (χ3v) is 6.93. The van der Waals surface area contributed by atoms with E-state index >= 15 is 0 Å². The van der Waals surface area contributed by atoms with Crippen LogP contribution < -0.4 is 16.2 Å². The Morgan fingerprint density at radius 1 is 1.11 bits per heavy atom. The topological polar surface area (TPSA) is 65.6 Å². The average Bonchev–Trinajstić information content (AvgIpc) is 3.32. The van der Waals surface area contributed by atoms with Gasteiger partial charge in [-0.15, -0.1) is 0 Å². The van der Waals surface area contributed by atoms with Gasteiger partial charge in [-0.25, -0.2) is 13.8 Å². The van der Waals surface area contributed by atoms with Gasteiger partial charge in [0.05, 0.1) is 12.1 Å². The number of carbonyl (C=O) groups is 1. The standard InChI is InChI=1S/C20H34F2N4O2/c21-14-6-7-16(17(22)8-14)19-9-18(25-28-19)20(27)24-15-10-23-26(12-15)11-13-4-2-1-3-5-13/h13-19,23,25H,1-12H2,(H,24,27). The highest BCUT2D eigenvalue weighted by Crippen LogP contribution is 2.35. The molecule has 6 unspecified atom stereocenters. The summed E-state index contributed by atoms with van der Waals surface area (Å²) >= 11 is 0. The van der Waals surface area contributed by atoms with E-state index in [-0.39, 0.29) is 30.4 Å². The van der Waals surface area contributed by atoms with Crippen molar-refractivity contribution in [2.24, 2.45) is 11.8 Å². The van der Waals surface area contributed by atoms with Crippen LogP contribution >= 0.6 is 0 Å². The van der Waals surface area contributed by atoms with Crippen LogP contribution in [0.4, 0.5) is 8.78 Å². The Labute approximate surface area is 166 Å². The molecule has 4 fully saturated rings. The van der Waals surface area contributed by atoms with Crippen molar-refractivity contribution in [3.05, 3.63) is 0 Å². The van der Waals surface area contributed by atoms with Crippen LogP contribution in [0.3, 0.4) is 0 Å². The van der Waals surface area contributed by atoms with E-state index in [0.717, 1.165) is 25.6 Å². The highest BCUT2D eigenvalue weighted by molar-refractivity contribution is 5.82. The summed E-state index contributed by atoms with van der Waals surface area (Å²) in [6.45, 7) is 2.60. The molecular formula is C20H34F2N4O2. The molecule has 6 atom stereocenters. The van der Waals surface area contributed by atoms with Gasteiger partial charge in [-0.05, 0) is 31.6 Å². The SMILES string of the molecule is O=C(NC1CNN(CC2CCCCC2)C1)C1CC(C2CCC(F)CC2F)ON1. The average molecular weight is 401 g/mol. The lowest BCUT2D eigenvalue weighted by Crippen LogP contribution is -2.47. The molecule has 28 heavy (non-hydrogen) atoms. The number of nitrogens with zero attached hydrogens (tertiary/aromatic N) is 1. The summed E-state index contributed by atoms with van der Waals surface area (Å²) in [6.07, 6.45) is 5.29. The minimum absolute atomic E-state index is 0.0496. The number of amides is 1. The Kier molecular flexibility index (Phi) is 6.81. The molecule has 0 aromatic heterocycles. The van der Waals surface area contributed by atoms with Gasteiger partial charge in [-0.1, -0.05) is 19.3 Å². The Balaban J connectivity index is 1.19. The molecule has 0 bridgehead atoms. The second kappa shape index (κ2) is 9.32. The number of carbonyl (C=O) groups excluding carboxylic acids is 1. The van der Waals surface area contributed by atoms with E-state index in [1.807, 2.05) is 0 Å². The number of hydrogen-bond donors (Lipinski definition) is 3. The van der Waals surface area contributed by atoms with Gasteiger partial charge in [0.1, 0.15) is 18.4 Å². The fourth-order valence-electron chi connectivity index (χ4n) is 5.28. The molecule has 6 nitrogen and oxygen atoms in total. The highest BCUT2D eigenvalue weighted by Gasteiger charge is 2.42. The number of hydroxylamine groups is 1.